The number of carbonyl (C=O) groups is 1. The van der Waals surface area contributed by atoms with Crippen LogP contribution < -0.4 is 5.32 Å². The summed E-state index contributed by atoms with van der Waals surface area (Å²) in [4.78, 5) is 14.6. The predicted molar refractivity (Wildman–Crippen MR) is 84.3 cm³/mol. The van der Waals surface area contributed by atoms with Crippen molar-refractivity contribution in [3.63, 3.8) is 0 Å². The summed E-state index contributed by atoms with van der Waals surface area (Å²) in [6, 6.07) is 12.5. The quantitative estimate of drug-likeness (QED) is 0.917. The molecular weight excluding hydrogens is 260 g/mol. The maximum absolute atomic E-state index is 12.6. The van der Waals surface area contributed by atoms with E-state index in [0.29, 0.717) is 5.92 Å². The van der Waals surface area contributed by atoms with Gasteiger partial charge in [0, 0.05) is 18.7 Å². The molecule has 2 aromatic rings. The summed E-state index contributed by atoms with van der Waals surface area (Å²) in [6.07, 6.45) is 2.46. The van der Waals surface area contributed by atoms with E-state index in [4.69, 9.17) is 0 Å². The number of piperidine rings is 1. The molecule has 1 unspecified atom stereocenters. The number of hydrogen-bond donors (Lipinski definition) is 1. The Balaban J connectivity index is 1.60. The predicted octanol–water partition coefficient (Wildman–Crippen LogP) is 2.80. The average Bonchev–Trinajstić information content (AvgIpc) is 2.82. The van der Waals surface area contributed by atoms with Crippen LogP contribution in [0.2, 0.25) is 0 Å². The van der Waals surface area contributed by atoms with E-state index in [1.54, 1.807) is 0 Å². The Bertz CT molecular complexity index is 689. The standard InChI is InChI=1S/C18H20N2O/c21-18-17-9-15-6-2-1-5-14(15)8-16(17)12-20(18)11-13-4-3-7-19-10-13/h1-2,5-6,8-9,13,19H,3-4,7,10-12H2. The number of rotatable bonds is 2. The van der Waals surface area contributed by atoms with E-state index < -0.39 is 0 Å². The van der Waals surface area contributed by atoms with Gasteiger partial charge >= 0.3 is 0 Å². The summed E-state index contributed by atoms with van der Waals surface area (Å²) in [5.74, 6) is 0.813. The molecule has 2 aliphatic rings. The number of benzene rings is 2. The Morgan fingerprint density at radius 1 is 1.19 bits per heavy atom. The maximum Gasteiger partial charge on any atom is 0.254 e. The monoisotopic (exact) mass is 280 g/mol. The van der Waals surface area contributed by atoms with Gasteiger partial charge in [0.05, 0.1) is 0 Å². The van der Waals surface area contributed by atoms with Gasteiger partial charge in [0.15, 0.2) is 0 Å². The highest BCUT2D eigenvalue weighted by Gasteiger charge is 2.29. The minimum absolute atomic E-state index is 0.210. The summed E-state index contributed by atoms with van der Waals surface area (Å²) in [7, 11) is 0. The van der Waals surface area contributed by atoms with Gasteiger partial charge in [-0.3, -0.25) is 4.79 Å². The van der Waals surface area contributed by atoms with Crippen LogP contribution in [-0.4, -0.2) is 30.4 Å². The first-order valence-electron chi connectivity index (χ1n) is 7.83. The third-order valence-electron chi connectivity index (χ3n) is 4.73. The molecule has 0 saturated carbocycles. The Labute approximate surface area is 124 Å². The second kappa shape index (κ2) is 5.15. The van der Waals surface area contributed by atoms with E-state index in [9.17, 15) is 4.79 Å². The van der Waals surface area contributed by atoms with Crippen LogP contribution in [0.25, 0.3) is 10.8 Å². The molecule has 21 heavy (non-hydrogen) atoms. The van der Waals surface area contributed by atoms with Crippen LogP contribution in [0, 0.1) is 5.92 Å². The summed E-state index contributed by atoms with van der Waals surface area (Å²) in [5.41, 5.74) is 2.08. The van der Waals surface area contributed by atoms with Crippen molar-refractivity contribution in [2.75, 3.05) is 19.6 Å². The molecule has 0 bridgehead atoms. The maximum atomic E-state index is 12.6. The highest BCUT2D eigenvalue weighted by molar-refractivity contribution is 6.02. The Kier molecular flexibility index (Phi) is 3.15. The third-order valence-corrected chi connectivity index (χ3v) is 4.73. The lowest BCUT2D eigenvalue weighted by molar-refractivity contribution is 0.0743. The van der Waals surface area contributed by atoms with Crippen LogP contribution in [0.4, 0.5) is 0 Å². The lowest BCUT2D eigenvalue weighted by Crippen LogP contribution is -2.38. The molecule has 0 aliphatic carbocycles. The van der Waals surface area contributed by atoms with Crippen LogP contribution in [0.5, 0.6) is 0 Å². The number of nitrogens with one attached hydrogen (secondary N) is 1. The van der Waals surface area contributed by atoms with E-state index in [1.165, 1.54) is 23.8 Å². The second-order valence-corrected chi connectivity index (χ2v) is 6.25. The molecule has 1 saturated heterocycles. The van der Waals surface area contributed by atoms with Crippen LogP contribution in [0.15, 0.2) is 36.4 Å². The zero-order chi connectivity index (χ0) is 14.2. The topological polar surface area (TPSA) is 32.3 Å². The van der Waals surface area contributed by atoms with Crippen molar-refractivity contribution in [2.24, 2.45) is 5.92 Å². The smallest absolute Gasteiger partial charge is 0.254 e. The molecule has 1 amide bonds. The van der Waals surface area contributed by atoms with Crippen molar-refractivity contribution < 1.29 is 4.79 Å². The fourth-order valence-electron chi connectivity index (χ4n) is 3.60. The highest BCUT2D eigenvalue weighted by atomic mass is 16.2. The van der Waals surface area contributed by atoms with Crippen LogP contribution in [0.1, 0.15) is 28.8 Å². The summed E-state index contributed by atoms with van der Waals surface area (Å²) in [6.45, 7) is 3.82. The van der Waals surface area contributed by atoms with Crippen LogP contribution in [0.3, 0.4) is 0 Å². The van der Waals surface area contributed by atoms with E-state index in [1.807, 2.05) is 11.0 Å². The van der Waals surface area contributed by atoms with E-state index in [2.05, 4.69) is 35.6 Å². The number of fused-ring (bicyclic) bond motifs is 2. The molecule has 1 fully saturated rings. The number of hydrogen-bond acceptors (Lipinski definition) is 2. The molecule has 0 radical (unpaired) electrons. The first-order chi connectivity index (χ1) is 10.3. The van der Waals surface area contributed by atoms with Crippen molar-refractivity contribution >= 4 is 16.7 Å². The first-order valence-corrected chi connectivity index (χ1v) is 7.83. The molecule has 4 rings (SSSR count). The second-order valence-electron chi connectivity index (χ2n) is 6.25. The van der Waals surface area contributed by atoms with Gasteiger partial charge in [0.25, 0.3) is 5.91 Å². The van der Waals surface area contributed by atoms with Gasteiger partial charge in [-0.15, -0.1) is 0 Å². The molecule has 108 valence electrons. The molecule has 2 heterocycles. The zero-order valence-electron chi connectivity index (χ0n) is 12.1. The van der Waals surface area contributed by atoms with E-state index in [-0.39, 0.29) is 5.91 Å². The lowest BCUT2D eigenvalue weighted by atomic mass is 9.99. The van der Waals surface area contributed by atoms with E-state index in [0.717, 1.165) is 37.1 Å². The number of amides is 1. The normalized spacial score (nSPS) is 21.8. The molecule has 0 aromatic heterocycles. The average molecular weight is 280 g/mol. The minimum Gasteiger partial charge on any atom is -0.334 e. The van der Waals surface area contributed by atoms with Crippen LogP contribution >= 0.6 is 0 Å². The first kappa shape index (κ1) is 12.8. The van der Waals surface area contributed by atoms with Crippen molar-refractivity contribution in [3.8, 4) is 0 Å². The van der Waals surface area contributed by atoms with Gasteiger partial charge in [0.2, 0.25) is 0 Å². The van der Waals surface area contributed by atoms with Gasteiger partial charge in [-0.1, -0.05) is 24.3 Å². The van der Waals surface area contributed by atoms with Gasteiger partial charge < -0.3 is 10.2 Å². The summed E-state index contributed by atoms with van der Waals surface area (Å²) < 4.78 is 0. The SMILES string of the molecule is O=C1c2cc3ccccc3cc2CN1CC1CCCNC1. The number of carbonyl (C=O) groups excluding carboxylic acids is 1. The minimum atomic E-state index is 0.210. The van der Waals surface area contributed by atoms with Gasteiger partial charge in [-0.05, 0) is 60.3 Å². The van der Waals surface area contributed by atoms with Crippen molar-refractivity contribution in [1.82, 2.24) is 10.2 Å². The summed E-state index contributed by atoms with van der Waals surface area (Å²) >= 11 is 0. The fraction of sp³-hybridized carbons (Fsp3) is 0.389. The Hall–Kier alpha value is -1.87. The highest BCUT2D eigenvalue weighted by Crippen LogP contribution is 2.29. The number of nitrogens with zero attached hydrogens (tertiary/aromatic N) is 1. The Morgan fingerprint density at radius 3 is 2.76 bits per heavy atom. The molecule has 3 nitrogen and oxygen atoms in total. The molecular formula is C18H20N2O. The third kappa shape index (κ3) is 2.32. The molecule has 1 atom stereocenters. The van der Waals surface area contributed by atoms with Crippen LogP contribution in [-0.2, 0) is 6.54 Å². The van der Waals surface area contributed by atoms with E-state index >= 15 is 0 Å². The van der Waals surface area contributed by atoms with Gasteiger partial charge in [0.1, 0.15) is 0 Å². The lowest BCUT2D eigenvalue weighted by Gasteiger charge is -2.27. The van der Waals surface area contributed by atoms with Crippen molar-refractivity contribution in [3.05, 3.63) is 47.5 Å². The molecule has 2 aliphatic heterocycles. The zero-order valence-corrected chi connectivity index (χ0v) is 12.1. The van der Waals surface area contributed by atoms with Crippen molar-refractivity contribution in [1.29, 1.82) is 0 Å². The summed E-state index contributed by atoms with van der Waals surface area (Å²) in [5, 5.41) is 5.82. The fourth-order valence-corrected chi connectivity index (χ4v) is 3.60. The van der Waals surface area contributed by atoms with Crippen molar-refractivity contribution in [2.45, 2.75) is 19.4 Å². The van der Waals surface area contributed by atoms with Gasteiger partial charge in [-0.2, -0.15) is 0 Å². The molecule has 1 N–H and O–H groups in total. The Morgan fingerprint density at radius 2 is 2.00 bits per heavy atom. The molecule has 0 spiro atoms. The molecule has 3 heteroatoms. The molecule has 2 aromatic carbocycles. The largest absolute Gasteiger partial charge is 0.334 e. The van der Waals surface area contributed by atoms with Gasteiger partial charge in [-0.25, -0.2) is 0 Å².